The first-order valence-electron chi connectivity index (χ1n) is 6.29. The maximum atomic E-state index is 12.1. The number of anilines is 1. The molecule has 0 saturated carbocycles. The van der Waals surface area contributed by atoms with Crippen molar-refractivity contribution >= 4 is 39.1 Å². The molecule has 110 valence electrons. The number of halogens is 2. The third kappa shape index (κ3) is 3.18. The quantitative estimate of drug-likeness (QED) is 0.733. The molecular formula is C15H9BrClN3O2. The van der Waals surface area contributed by atoms with Gasteiger partial charge < -0.3 is 9.73 Å². The fraction of sp³-hybridized carbons (Fsp3) is 0. The maximum absolute atomic E-state index is 12.1. The van der Waals surface area contributed by atoms with E-state index < -0.39 is 5.91 Å². The minimum absolute atomic E-state index is 0.120. The number of benzene rings is 2. The van der Waals surface area contributed by atoms with Crippen molar-refractivity contribution < 1.29 is 9.21 Å². The number of nitrogens with one attached hydrogen (secondary N) is 1. The molecule has 0 fully saturated rings. The number of carbonyl (C=O) groups excluding carboxylic acids is 1. The van der Waals surface area contributed by atoms with Crippen molar-refractivity contribution in [1.29, 1.82) is 0 Å². The van der Waals surface area contributed by atoms with Crippen molar-refractivity contribution in [3.05, 3.63) is 63.9 Å². The summed E-state index contributed by atoms with van der Waals surface area (Å²) < 4.78 is 6.15. The summed E-state index contributed by atoms with van der Waals surface area (Å²) in [4.78, 5) is 12.1. The van der Waals surface area contributed by atoms with Crippen LogP contribution in [0.15, 0.2) is 57.4 Å². The second-order valence-electron chi connectivity index (χ2n) is 4.36. The fourth-order valence-corrected chi connectivity index (χ4v) is 2.37. The van der Waals surface area contributed by atoms with Gasteiger partial charge in [-0.05, 0) is 46.3 Å². The molecule has 3 aromatic rings. The number of aromatic nitrogens is 2. The molecule has 1 aromatic heterocycles. The van der Waals surface area contributed by atoms with Gasteiger partial charge in [-0.3, -0.25) is 4.79 Å². The molecule has 5 nitrogen and oxygen atoms in total. The summed E-state index contributed by atoms with van der Waals surface area (Å²) in [6.07, 6.45) is 0. The summed E-state index contributed by atoms with van der Waals surface area (Å²) in [6, 6.07) is 14.2. The van der Waals surface area contributed by atoms with Gasteiger partial charge in [-0.25, -0.2) is 0 Å². The van der Waals surface area contributed by atoms with Crippen molar-refractivity contribution in [2.24, 2.45) is 0 Å². The molecule has 1 N–H and O–H groups in total. The predicted octanol–water partition coefficient (Wildman–Crippen LogP) is 4.40. The Morgan fingerprint density at radius 2 is 1.95 bits per heavy atom. The van der Waals surface area contributed by atoms with E-state index >= 15 is 0 Å². The largest absolute Gasteiger partial charge is 0.412 e. The van der Waals surface area contributed by atoms with Crippen LogP contribution in [0.5, 0.6) is 0 Å². The molecule has 1 amide bonds. The average Bonchev–Trinajstić information content (AvgIpc) is 2.99. The van der Waals surface area contributed by atoms with Crippen molar-refractivity contribution in [3.8, 4) is 11.5 Å². The first-order valence-corrected chi connectivity index (χ1v) is 7.46. The highest BCUT2D eigenvalue weighted by atomic mass is 79.9. The Balaban J connectivity index is 1.82. The van der Waals surface area contributed by atoms with Gasteiger partial charge in [0.25, 0.3) is 0 Å². The SMILES string of the molecule is O=C(Nc1ccccc1Br)c1nnc(-c2cccc(Cl)c2)o1. The molecule has 0 bridgehead atoms. The van der Waals surface area contributed by atoms with Crippen molar-refractivity contribution in [3.63, 3.8) is 0 Å². The summed E-state index contributed by atoms with van der Waals surface area (Å²) in [5.74, 6) is -0.363. The minimum Gasteiger partial charge on any atom is -0.412 e. The maximum Gasteiger partial charge on any atom is 0.313 e. The van der Waals surface area contributed by atoms with Crippen LogP contribution in [0.4, 0.5) is 5.69 Å². The van der Waals surface area contributed by atoms with Gasteiger partial charge in [-0.1, -0.05) is 29.8 Å². The van der Waals surface area contributed by atoms with E-state index in [1.54, 1.807) is 30.3 Å². The average molecular weight is 379 g/mol. The number of nitrogens with zero attached hydrogens (tertiary/aromatic N) is 2. The van der Waals surface area contributed by atoms with Crippen LogP contribution in [0.1, 0.15) is 10.7 Å². The lowest BCUT2D eigenvalue weighted by atomic mass is 10.2. The van der Waals surface area contributed by atoms with E-state index in [-0.39, 0.29) is 11.8 Å². The molecule has 0 aliphatic rings. The molecule has 0 radical (unpaired) electrons. The van der Waals surface area contributed by atoms with Gasteiger partial charge in [-0.2, -0.15) is 0 Å². The summed E-state index contributed by atoms with van der Waals surface area (Å²) in [7, 11) is 0. The van der Waals surface area contributed by atoms with E-state index in [1.165, 1.54) is 0 Å². The Labute approximate surface area is 139 Å². The number of amides is 1. The summed E-state index contributed by atoms with van der Waals surface area (Å²) in [6.45, 7) is 0. The van der Waals surface area contributed by atoms with Gasteiger partial charge in [0.15, 0.2) is 0 Å². The topological polar surface area (TPSA) is 68.0 Å². The molecule has 0 saturated heterocycles. The Hall–Kier alpha value is -2.18. The van der Waals surface area contributed by atoms with Crippen molar-refractivity contribution in [1.82, 2.24) is 10.2 Å². The highest BCUT2D eigenvalue weighted by Crippen LogP contribution is 2.23. The van der Waals surface area contributed by atoms with Crippen molar-refractivity contribution in [2.75, 3.05) is 5.32 Å². The number of para-hydroxylation sites is 1. The molecule has 1 heterocycles. The minimum atomic E-state index is -0.479. The Bertz CT molecular complexity index is 835. The zero-order valence-electron chi connectivity index (χ0n) is 11.1. The number of hydrogen-bond acceptors (Lipinski definition) is 4. The second-order valence-corrected chi connectivity index (χ2v) is 5.65. The Morgan fingerprint density at radius 1 is 1.14 bits per heavy atom. The number of hydrogen-bond donors (Lipinski definition) is 1. The molecule has 0 spiro atoms. The van der Waals surface area contributed by atoms with E-state index in [1.807, 2.05) is 18.2 Å². The van der Waals surface area contributed by atoms with Crippen LogP contribution in [0.2, 0.25) is 5.02 Å². The Kier molecular flexibility index (Phi) is 4.22. The molecule has 0 aliphatic heterocycles. The smallest absolute Gasteiger partial charge is 0.313 e. The first kappa shape index (κ1) is 14.7. The van der Waals surface area contributed by atoms with Crippen LogP contribution < -0.4 is 5.32 Å². The third-order valence-corrected chi connectivity index (χ3v) is 3.74. The lowest BCUT2D eigenvalue weighted by molar-refractivity contribution is 0.0991. The molecule has 22 heavy (non-hydrogen) atoms. The van der Waals surface area contributed by atoms with Gasteiger partial charge in [0.1, 0.15) is 0 Å². The number of rotatable bonds is 3. The molecule has 7 heteroatoms. The monoisotopic (exact) mass is 377 g/mol. The van der Waals surface area contributed by atoms with E-state index in [0.717, 1.165) is 4.47 Å². The molecule has 0 atom stereocenters. The van der Waals surface area contributed by atoms with Crippen LogP contribution >= 0.6 is 27.5 Å². The van der Waals surface area contributed by atoms with E-state index in [0.29, 0.717) is 16.3 Å². The number of carbonyl (C=O) groups is 1. The lowest BCUT2D eigenvalue weighted by Crippen LogP contribution is -2.12. The first-order chi connectivity index (χ1) is 10.6. The van der Waals surface area contributed by atoms with Gasteiger partial charge in [0.2, 0.25) is 5.89 Å². The lowest BCUT2D eigenvalue weighted by Gasteiger charge is -2.03. The van der Waals surface area contributed by atoms with Gasteiger partial charge in [0, 0.05) is 15.1 Å². The molecule has 0 unspecified atom stereocenters. The Morgan fingerprint density at radius 3 is 2.73 bits per heavy atom. The normalized spacial score (nSPS) is 10.5. The van der Waals surface area contributed by atoms with Crippen LogP contribution in [-0.2, 0) is 0 Å². The standard InChI is InChI=1S/C15H9BrClN3O2/c16-11-6-1-2-7-12(11)18-13(21)15-20-19-14(22-15)9-4-3-5-10(17)8-9/h1-8H,(H,18,21). The summed E-state index contributed by atoms with van der Waals surface area (Å²) in [5.41, 5.74) is 1.27. The zero-order valence-corrected chi connectivity index (χ0v) is 13.4. The zero-order chi connectivity index (χ0) is 15.5. The van der Waals surface area contributed by atoms with E-state index in [2.05, 4.69) is 31.4 Å². The predicted molar refractivity (Wildman–Crippen MR) is 86.8 cm³/mol. The highest BCUT2D eigenvalue weighted by Gasteiger charge is 2.17. The molecular weight excluding hydrogens is 370 g/mol. The van der Waals surface area contributed by atoms with Gasteiger partial charge in [0.05, 0.1) is 5.69 Å². The van der Waals surface area contributed by atoms with E-state index in [4.69, 9.17) is 16.0 Å². The van der Waals surface area contributed by atoms with Crippen LogP contribution in [0, 0.1) is 0 Å². The second kappa shape index (κ2) is 6.29. The van der Waals surface area contributed by atoms with Gasteiger partial charge >= 0.3 is 11.8 Å². The summed E-state index contributed by atoms with van der Waals surface area (Å²) >= 11 is 9.27. The van der Waals surface area contributed by atoms with Crippen molar-refractivity contribution in [2.45, 2.75) is 0 Å². The summed E-state index contributed by atoms with van der Waals surface area (Å²) in [5, 5.41) is 10.9. The van der Waals surface area contributed by atoms with Crippen LogP contribution in [0.3, 0.4) is 0 Å². The van der Waals surface area contributed by atoms with Crippen LogP contribution in [0.25, 0.3) is 11.5 Å². The van der Waals surface area contributed by atoms with Gasteiger partial charge in [-0.15, -0.1) is 10.2 Å². The molecule has 0 aliphatic carbocycles. The van der Waals surface area contributed by atoms with Crippen LogP contribution in [-0.4, -0.2) is 16.1 Å². The highest BCUT2D eigenvalue weighted by molar-refractivity contribution is 9.10. The fourth-order valence-electron chi connectivity index (χ4n) is 1.79. The van der Waals surface area contributed by atoms with E-state index in [9.17, 15) is 4.79 Å². The third-order valence-electron chi connectivity index (χ3n) is 2.81. The molecule has 3 rings (SSSR count). The molecule has 2 aromatic carbocycles.